The zero-order chi connectivity index (χ0) is 16.1. The number of unbranched alkanes of at least 4 members (excludes halogenated alkanes) is 15. The molecule has 134 valence electrons. The summed E-state index contributed by atoms with van der Waals surface area (Å²) in [7, 11) is 0.314. The molecule has 0 bridgehead atoms. The second-order valence-corrected chi connectivity index (χ2v) is 9.49. The first-order chi connectivity index (χ1) is 10.9. The lowest BCUT2D eigenvalue weighted by molar-refractivity contribution is 0.562. The molecule has 0 heterocycles. The molecule has 0 unspecified atom stereocenters. The minimum Gasteiger partial charge on any atom is -0.0654 e. The predicted molar refractivity (Wildman–Crippen MR) is 108 cm³/mol. The summed E-state index contributed by atoms with van der Waals surface area (Å²) in [6.07, 6.45) is 25.3. The van der Waals surface area contributed by atoms with E-state index in [1.54, 1.807) is 24.9 Å². The molecule has 0 aromatic rings. The third-order valence-electron chi connectivity index (χ3n) is 4.96. The van der Waals surface area contributed by atoms with Gasteiger partial charge in [0.25, 0.3) is 0 Å². The molecule has 1 heteroatoms. The van der Waals surface area contributed by atoms with Crippen molar-refractivity contribution in [3.05, 3.63) is 0 Å². The summed E-state index contributed by atoms with van der Waals surface area (Å²) in [6.45, 7) is 4.61. The molecule has 0 fully saturated rings. The van der Waals surface area contributed by atoms with Crippen LogP contribution >= 0.6 is 0 Å². The van der Waals surface area contributed by atoms with E-state index in [9.17, 15) is 0 Å². The maximum Gasteiger partial charge on any atom is 0.0197 e. The van der Waals surface area contributed by atoms with Crippen LogP contribution in [0.25, 0.3) is 0 Å². The Kier molecular flexibility index (Phi) is 21.4. The van der Waals surface area contributed by atoms with Crippen LogP contribution in [0.15, 0.2) is 0 Å². The van der Waals surface area contributed by atoms with Crippen LogP contribution in [0, 0.1) is 0 Å². The van der Waals surface area contributed by atoms with E-state index in [1.165, 1.54) is 96.3 Å². The van der Waals surface area contributed by atoms with E-state index >= 15 is 0 Å². The van der Waals surface area contributed by atoms with Crippen molar-refractivity contribution in [3.63, 3.8) is 0 Å². The molecule has 0 atom stereocenters. The van der Waals surface area contributed by atoms with E-state index in [2.05, 4.69) is 13.8 Å². The van der Waals surface area contributed by atoms with Crippen molar-refractivity contribution in [1.82, 2.24) is 0 Å². The molecule has 0 aliphatic carbocycles. The fraction of sp³-hybridized carbons (Fsp3) is 1.00. The van der Waals surface area contributed by atoms with Gasteiger partial charge < -0.3 is 0 Å². The summed E-state index contributed by atoms with van der Waals surface area (Å²) in [5.74, 6) is 0. The van der Waals surface area contributed by atoms with Crippen molar-refractivity contribution in [2.24, 2.45) is 0 Å². The minimum absolute atomic E-state index is 0.314. The van der Waals surface area contributed by atoms with Crippen LogP contribution in [-0.2, 0) is 0 Å². The molecule has 0 nitrogen and oxygen atoms in total. The second-order valence-electron chi connectivity index (χ2n) is 7.36. The third kappa shape index (κ3) is 20.2. The lowest BCUT2D eigenvalue weighted by Gasteiger charge is -2.03. The van der Waals surface area contributed by atoms with Crippen molar-refractivity contribution < 1.29 is 0 Å². The third-order valence-corrected chi connectivity index (χ3v) is 6.96. The standard InChI is InChI=1S/C21H46Si/c1-3-5-7-9-11-12-13-15-17-19-21-22-20-18-16-14-10-8-6-4-2/h3-22H2,1-2H3. The van der Waals surface area contributed by atoms with Gasteiger partial charge in [-0.05, 0) is 0 Å². The quantitative estimate of drug-likeness (QED) is 0.169. The minimum atomic E-state index is 0.314. The highest BCUT2D eigenvalue weighted by Crippen LogP contribution is 2.12. The largest absolute Gasteiger partial charge is 0.0654 e. The molecule has 0 aromatic heterocycles. The van der Waals surface area contributed by atoms with Crippen LogP contribution < -0.4 is 0 Å². The Morgan fingerprint density at radius 2 is 0.636 bits per heavy atom. The lowest BCUT2D eigenvalue weighted by Crippen LogP contribution is -1.90. The Bertz CT molecular complexity index is 159. The molecule has 0 amide bonds. The zero-order valence-electron chi connectivity index (χ0n) is 16.1. The fourth-order valence-corrected chi connectivity index (χ4v) is 5.10. The van der Waals surface area contributed by atoms with Gasteiger partial charge in [0.05, 0.1) is 0 Å². The first kappa shape index (κ1) is 22.2. The van der Waals surface area contributed by atoms with Crippen molar-refractivity contribution in [2.75, 3.05) is 0 Å². The van der Waals surface area contributed by atoms with E-state index in [0.29, 0.717) is 9.52 Å². The molecular formula is C21H46Si. The predicted octanol–water partition coefficient (Wildman–Crippen LogP) is 7.66. The Hall–Kier alpha value is 0.217. The number of hydrogen-bond acceptors (Lipinski definition) is 0. The molecule has 0 N–H and O–H groups in total. The van der Waals surface area contributed by atoms with Gasteiger partial charge in [-0.3, -0.25) is 0 Å². The highest BCUT2D eigenvalue weighted by atomic mass is 28.2. The highest BCUT2D eigenvalue weighted by Gasteiger charge is 1.95. The van der Waals surface area contributed by atoms with Crippen LogP contribution in [0.5, 0.6) is 0 Å². The van der Waals surface area contributed by atoms with E-state index in [-0.39, 0.29) is 0 Å². The van der Waals surface area contributed by atoms with Crippen molar-refractivity contribution in [3.8, 4) is 0 Å². The molecule has 0 aliphatic rings. The van der Waals surface area contributed by atoms with E-state index in [0.717, 1.165) is 0 Å². The Balaban J connectivity index is 2.91. The number of rotatable bonds is 19. The molecule has 22 heavy (non-hydrogen) atoms. The summed E-state index contributed by atoms with van der Waals surface area (Å²) in [6, 6.07) is 3.26. The first-order valence-electron chi connectivity index (χ1n) is 10.9. The molecule has 0 radical (unpaired) electrons. The molecule has 0 aromatic carbocycles. The van der Waals surface area contributed by atoms with E-state index in [1.807, 2.05) is 0 Å². The topological polar surface area (TPSA) is 0 Å². The molecular weight excluding hydrogens is 280 g/mol. The smallest absolute Gasteiger partial charge is 0.0197 e. The van der Waals surface area contributed by atoms with Gasteiger partial charge in [-0.15, -0.1) is 0 Å². The summed E-state index contributed by atoms with van der Waals surface area (Å²) < 4.78 is 0. The van der Waals surface area contributed by atoms with Gasteiger partial charge >= 0.3 is 0 Å². The van der Waals surface area contributed by atoms with Crippen molar-refractivity contribution >= 4 is 9.52 Å². The van der Waals surface area contributed by atoms with Gasteiger partial charge in [-0.25, -0.2) is 0 Å². The summed E-state index contributed by atoms with van der Waals surface area (Å²) >= 11 is 0. The van der Waals surface area contributed by atoms with Gasteiger partial charge in [0.2, 0.25) is 0 Å². The molecule has 0 aliphatic heterocycles. The van der Waals surface area contributed by atoms with Gasteiger partial charge in [-0.1, -0.05) is 135 Å². The Morgan fingerprint density at radius 1 is 0.364 bits per heavy atom. The first-order valence-corrected chi connectivity index (χ1v) is 12.9. The summed E-state index contributed by atoms with van der Waals surface area (Å²) in [5.41, 5.74) is 0. The Morgan fingerprint density at radius 3 is 0.955 bits per heavy atom. The SMILES string of the molecule is CCCCCCCCCCCC[SiH2]CCCCCCCCC. The van der Waals surface area contributed by atoms with Gasteiger partial charge in [0.1, 0.15) is 0 Å². The normalized spacial score (nSPS) is 11.7. The van der Waals surface area contributed by atoms with Crippen molar-refractivity contribution in [2.45, 2.75) is 135 Å². The molecule has 0 saturated carbocycles. The molecule has 0 saturated heterocycles. The fourth-order valence-electron chi connectivity index (χ4n) is 3.33. The van der Waals surface area contributed by atoms with Gasteiger partial charge in [-0.2, -0.15) is 0 Å². The van der Waals surface area contributed by atoms with Crippen LogP contribution in [-0.4, -0.2) is 9.52 Å². The lowest BCUT2D eigenvalue weighted by atomic mass is 10.1. The second kappa shape index (κ2) is 21.2. The monoisotopic (exact) mass is 326 g/mol. The van der Waals surface area contributed by atoms with Gasteiger partial charge in [0, 0.05) is 9.52 Å². The van der Waals surface area contributed by atoms with Crippen LogP contribution in [0.2, 0.25) is 12.1 Å². The number of hydrogen-bond donors (Lipinski definition) is 0. The molecule has 0 spiro atoms. The molecule has 0 rings (SSSR count). The van der Waals surface area contributed by atoms with E-state index < -0.39 is 0 Å². The van der Waals surface area contributed by atoms with Crippen LogP contribution in [0.4, 0.5) is 0 Å². The Labute approximate surface area is 145 Å². The van der Waals surface area contributed by atoms with E-state index in [4.69, 9.17) is 0 Å². The van der Waals surface area contributed by atoms with Crippen LogP contribution in [0.1, 0.15) is 123 Å². The van der Waals surface area contributed by atoms with Crippen LogP contribution in [0.3, 0.4) is 0 Å². The average Bonchev–Trinajstić information content (AvgIpc) is 2.54. The maximum absolute atomic E-state index is 2.30. The maximum atomic E-state index is 2.30. The van der Waals surface area contributed by atoms with Crippen molar-refractivity contribution in [1.29, 1.82) is 0 Å². The average molecular weight is 327 g/mol. The summed E-state index contributed by atoms with van der Waals surface area (Å²) in [4.78, 5) is 0. The zero-order valence-corrected chi connectivity index (χ0v) is 17.6. The highest BCUT2D eigenvalue weighted by molar-refractivity contribution is 6.35. The van der Waals surface area contributed by atoms with Gasteiger partial charge in [0.15, 0.2) is 0 Å². The summed E-state index contributed by atoms with van der Waals surface area (Å²) in [5, 5.41) is 0.